The molecule has 2 aromatic rings. The second-order valence-electron chi connectivity index (χ2n) is 7.78. The molecule has 2 aliphatic rings. The number of carbonyl (C=O) groups excluding carboxylic acids is 3. The van der Waals surface area contributed by atoms with Gasteiger partial charge in [-0.25, -0.2) is 0 Å². The Morgan fingerprint density at radius 2 is 1.72 bits per heavy atom. The molecule has 0 saturated carbocycles. The largest absolute Gasteiger partial charge is 0.481 e. The third kappa shape index (κ3) is 3.18. The van der Waals surface area contributed by atoms with Crippen LogP contribution in [0.3, 0.4) is 0 Å². The fraction of sp³-hybridized carbons (Fsp3) is 0.273. The Morgan fingerprint density at radius 1 is 1.03 bits per heavy atom. The van der Waals surface area contributed by atoms with Crippen LogP contribution in [-0.2, 0) is 11.3 Å². The molecular formula is C22H20N2O5. The second kappa shape index (κ2) is 6.84. The van der Waals surface area contributed by atoms with Crippen LogP contribution < -0.4 is 0 Å². The molecule has 0 radical (unpaired) electrons. The van der Waals surface area contributed by atoms with E-state index in [4.69, 9.17) is 0 Å². The lowest BCUT2D eigenvalue weighted by molar-refractivity contribution is -0.147. The Morgan fingerprint density at radius 3 is 2.38 bits per heavy atom. The molecule has 148 valence electrons. The summed E-state index contributed by atoms with van der Waals surface area (Å²) in [4.78, 5) is 52.4. The van der Waals surface area contributed by atoms with Gasteiger partial charge in [-0.15, -0.1) is 0 Å². The summed E-state index contributed by atoms with van der Waals surface area (Å²) in [5, 5.41) is 9.36. The van der Waals surface area contributed by atoms with Gasteiger partial charge in [0.2, 0.25) is 0 Å². The number of rotatable bonds is 4. The number of nitrogens with zero attached hydrogens (tertiary/aromatic N) is 2. The molecule has 0 spiro atoms. The van der Waals surface area contributed by atoms with Crippen LogP contribution in [0.5, 0.6) is 0 Å². The third-order valence-electron chi connectivity index (χ3n) is 5.68. The number of amides is 3. The molecule has 1 N–H and O–H groups in total. The van der Waals surface area contributed by atoms with Gasteiger partial charge in [-0.3, -0.25) is 24.1 Å². The summed E-state index contributed by atoms with van der Waals surface area (Å²) in [6.45, 7) is 2.24. The lowest BCUT2D eigenvalue weighted by Gasteiger charge is -2.20. The monoisotopic (exact) mass is 392 g/mol. The molecule has 1 saturated heterocycles. The fourth-order valence-electron chi connectivity index (χ4n) is 3.82. The maximum atomic E-state index is 12.8. The first kappa shape index (κ1) is 18.9. The van der Waals surface area contributed by atoms with E-state index >= 15 is 0 Å². The van der Waals surface area contributed by atoms with Crippen LogP contribution in [0.4, 0.5) is 0 Å². The standard InChI is InChI=1S/C22H20N2O5/c1-22(21(28)29)9-10-23(13-22)18(25)15-7-8-16-17(11-15)20(27)24(19(16)26)12-14-5-3-2-4-6-14/h2-8,11H,9-10,12-13H2,1H3,(H,28,29). The molecular weight excluding hydrogens is 372 g/mol. The molecule has 7 heteroatoms. The van der Waals surface area contributed by atoms with E-state index in [-0.39, 0.29) is 41.6 Å². The normalized spacial score (nSPS) is 20.9. The number of fused-ring (bicyclic) bond motifs is 1. The van der Waals surface area contributed by atoms with Crippen LogP contribution in [0.2, 0.25) is 0 Å². The smallest absolute Gasteiger partial charge is 0.311 e. The van der Waals surface area contributed by atoms with Gasteiger partial charge in [-0.05, 0) is 37.1 Å². The Bertz CT molecular complexity index is 1030. The van der Waals surface area contributed by atoms with Crippen LogP contribution >= 0.6 is 0 Å². The summed E-state index contributed by atoms with van der Waals surface area (Å²) < 4.78 is 0. The van der Waals surface area contributed by atoms with E-state index in [1.807, 2.05) is 30.3 Å². The van der Waals surface area contributed by atoms with Gasteiger partial charge >= 0.3 is 5.97 Å². The maximum Gasteiger partial charge on any atom is 0.311 e. The molecule has 0 aliphatic carbocycles. The molecule has 1 atom stereocenters. The van der Waals surface area contributed by atoms with Crippen molar-refractivity contribution in [1.29, 1.82) is 0 Å². The van der Waals surface area contributed by atoms with E-state index in [9.17, 15) is 24.3 Å². The SMILES string of the molecule is CC1(C(=O)O)CCN(C(=O)c2ccc3c(c2)C(=O)N(Cc2ccccc2)C3=O)C1. The highest BCUT2D eigenvalue weighted by Gasteiger charge is 2.43. The van der Waals surface area contributed by atoms with E-state index in [0.717, 1.165) is 5.56 Å². The number of imide groups is 1. The summed E-state index contributed by atoms with van der Waals surface area (Å²) in [7, 11) is 0. The highest BCUT2D eigenvalue weighted by atomic mass is 16.4. The topological polar surface area (TPSA) is 95.0 Å². The van der Waals surface area contributed by atoms with Crippen molar-refractivity contribution in [2.24, 2.45) is 5.41 Å². The van der Waals surface area contributed by atoms with E-state index in [2.05, 4.69) is 0 Å². The quantitative estimate of drug-likeness (QED) is 0.807. The Kier molecular flexibility index (Phi) is 4.45. The summed E-state index contributed by atoms with van der Waals surface area (Å²) >= 11 is 0. The predicted octanol–water partition coefficient (Wildman–Crippen LogP) is 2.42. The summed E-state index contributed by atoms with van der Waals surface area (Å²) in [5.74, 6) is -2.08. The number of carboxylic acids is 1. The third-order valence-corrected chi connectivity index (χ3v) is 5.68. The van der Waals surface area contributed by atoms with E-state index in [1.54, 1.807) is 6.92 Å². The van der Waals surface area contributed by atoms with Crippen LogP contribution in [0.15, 0.2) is 48.5 Å². The van der Waals surface area contributed by atoms with Gasteiger partial charge in [0.15, 0.2) is 0 Å². The van der Waals surface area contributed by atoms with E-state index in [0.29, 0.717) is 13.0 Å². The minimum absolute atomic E-state index is 0.116. The molecule has 4 rings (SSSR count). The highest BCUT2D eigenvalue weighted by molar-refractivity contribution is 6.22. The number of carbonyl (C=O) groups is 4. The van der Waals surface area contributed by atoms with Gasteiger partial charge in [0.25, 0.3) is 17.7 Å². The number of benzene rings is 2. The lowest BCUT2D eigenvalue weighted by atomic mass is 9.90. The molecule has 29 heavy (non-hydrogen) atoms. The first-order valence-electron chi connectivity index (χ1n) is 9.37. The minimum atomic E-state index is -0.968. The van der Waals surface area contributed by atoms with Crippen LogP contribution in [0, 0.1) is 5.41 Å². The Labute approximate surface area is 167 Å². The zero-order chi connectivity index (χ0) is 20.8. The van der Waals surface area contributed by atoms with Crippen molar-refractivity contribution in [2.75, 3.05) is 13.1 Å². The summed E-state index contributed by atoms with van der Waals surface area (Å²) in [5.41, 5.74) is 0.630. The molecule has 2 heterocycles. The van der Waals surface area contributed by atoms with Crippen molar-refractivity contribution in [1.82, 2.24) is 9.80 Å². The maximum absolute atomic E-state index is 12.8. The molecule has 3 amide bonds. The first-order chi connectivity index (χ1) is 13.8. The van der Waals surface area contributed by atoms with Crippen molar-refractivity contribution in [3.05, 3.63) is 70.8 Å². The van der Waals surface area contributed by atoms with E-state index in [1.165, 1.54) is 28.0 Å². The molecule has 0 aromatic heterocycles. The number of hydrogen-bond acceptors (Lipinski definition) is 4. The minimum Gasteiger partial charge on any atom is -0.481 e. The fourth-order valence-corrected chi connectivity index (χ4v) is 3.82. The van der Waals surface area contributed by atoms with Crippen LogP contribution in [0.25, 0.3) is 0 Å². The Hall–Kier alpha value is -3.48. The van der Waals surface area contributed by atoms with Gasteiger partial charge in [-0.1, -0.05) is 30.3 Å². The van der Waals surface area contributed by atoms with Crippen molar-refractivity contribution in [2.45, 2.75) is 19.9 Å². The van der Waals surface area contributed by atoms with Crippen molar-refractivity contribution in [3.8, 4) is 0 Å². The van der Waals surface area contributed by atoms with Gasteiger partial charge in [-0.2, -0.15) is 0 Å². The number of carboxylic acid groups (broad SMARTS) is 1. The van der Waals surface area contributed by atoms with Gasteiger partial charge in [0.1, 0.15) is 0 Å². The van der Waals surface area contributed by atoms with E-state index < -0.39 is 17.3 Å². The van der Waals surface area contributed by atoms with Crippen molar-refractivity contribution in [3.63, 3.8) is 0 Å². The molecule has 2 aliphatic heterocycles. The zero-order valence-electron chi connectivity index (χ0n) is 15.9. The summed E-state index contributed by atoms with van der Waals surface area (Å²) in [6, 6.07) is 13.7. The van der Waals surface area contributed by atoms with Gasteiger partial charge in [0.05, 0.1) is 23.1 Å². The molecule has 1 unspecified atom stereocenters. The molecule has 2 aromatic carbocycles. The van der Waals surface area contributed by atoms with Gasteiger partial charge in [0, 0.05) is 18.7 Å². The van der Waals surface area contributed by atoms with Gasteiger partial charge < -0.3 is 10.0 Å². The Balaban J connectivity index is 1.56. The summed E-state index contributed by atoms with van der Waals surface area (Å²) in [6.07, 6.45) is 0.376. The number of likely N-dealkylation sites (tertiary alicyclic amines) is 1. The predicted molar refractivity (Wildman–Crippen MR) is 103 cm³/mol. The molecule has 7 nitrogen and oxygen atoms in total. The average Bonchev–Trinajstić information content (AvgIpc) is 3.23. The lowest BCUT2D eigenvalue weighted by Crippen LogP contribution is -2.34. The van der Waals surface area contributed by atoms with Crippen molar-refractivity contribution < 1.29 is 24.3 Å². The average molecular weight is 392 g/mol. The highest BCUT2D eigenvalue weighted by Crippen LogP contribution is 2.32. The number of hydrogen-bond donors (Lipinski definition) is 1. The zero-order valence-corrected chi connectivity index (χ0v) is 15.9. The second-order valence-corrected chi connectivity index (χ2v) is 7.78. The first-order valence-corrected chi connectivity index (χ1v) is 9.37. The molecule has 1 fully saturated rings. The van der Waals surface area contributed by atoms with Crippen LogP contribution in [-0.4, -0.2) is 51.7 Å². The van der Waals surface area contributed by atoms with Crippen LogP contribution in [0.1, 0.15) is 50.0 Å². The number of aliphatic carboxylic acids is 1. The molecule has 0 bridgehead atoms. The van der Waals surface area contributed by atoms with Crippen molar-refractivity contribution >= 4 is 23.7 Å².